The summed E-state index contributed by atoms with van der Waals surface area (Å²) in [6.45, 7) is 3.78. The molecule has 0 atom stereocenters. The number of rotatable bonds is 5. The third-order valence-corrected chi connectivity index (χ3v) is 6.52. The molecule has 1 fully saturated rings. The maximum absolute atomic E-state index is 12.3. The molecule has 4 aromatic rings. The Morgan fingerprint density at radius 1 is 1.15 bits per heavy atom. The highest BCUT2D eigenvalue weighted by molar-refractivity contribution is 6.33. The number of fused-ring (bicyclic) bond motifs is 1. The minimum atomic E-state index is -0.398. The molecule has 5 rings (SSSR count). The summed E-state index contributed by atoms with van der Waals surface area (Å²) < 4.78 is 5.40. The lowest BCUT2D eigenvalue weighted by Gasteiger charge is -2.39. The van der Waals surface area contributed by atoms with Gasteiger partial charge in [-0.3, -0.25) is 5.10 Å². The second-order valence-corrected chi connectivity index (χ2v) is 9.12. The van der Waals surface area contributed by atoms with E-state index in [1.165, 1.54) is 0 Å². The average molecular weight is 477 g/mol. The van der Waals surface area contributed by atoms with Crippen LogP contribution in [0.3, 0.4) is 0 Å². The van der Waals surface area contributed by atoms with Gasteiger partial charge in [-0.15, -0.1) is 0 Å². The van der Waals surface area contributed by atoms with Crippen molar-refractivity contribution in [3.05, 3.63) is 71.4 Å². The van der Waals surface area contributed by atoms with Gasteiger partial charge in [0.1, 0.15) is 23.6 Å². The van der Waals surface area contributed by atoms with Gasteiger partial charge in [0, 0.05) is 24.2 Å². The summed E-state index contributed by atoms with van der Waals surface area (Å²) >= 11 is 6.33. The summed E-state index contributed by atoms with van der Waals surface area (Å²) in [7, 11) is 0. The minimum absolute atomic E-state index is 0.255. The molecule has 2 aromatic carbocycles. The van der Waals surface area contributed by atoms with Crippen LogP contribution in [0.15, 0.2) is 60.8 Å². The first-order valence-electron chi connectivity index (χ1n) is 11.2. The van der Waals surface area contributed by atoms with E-state index in [9.17, 15) is 4.79 Å². The monoisotopic (exact) mass is 476 g/mol. The lowest BCUT2D eigenvalue weighted by Crippen LogP contribution is -2.53. The van der Waals surface area contributed by atoms with E-state index in [-0.39, 0.29) is 12.1 Å². The number of halogens is 1. The second-order valence-electron chi connectivity index (χ2n) is 8.71. The van der Waals surface area contributed by atoms with Gasteiger partial charge >= 0.3 is 6.09 Å². The highest BCUT2D eigenvalue weighted by Crippen LogP contribution is 2.31. The van der Waals surface area contributed by atoms with Crippen molar-refractivity contribution >= 4 is 34.7 Å². The van der Waals surface area contributed by atoms with Gasteiger partial charge < -0.3 is 15.0 Å². The number of nitrogens with one attached hydrogen (secondary N) is 2. The van der Waals surface area contributed by atoms with E-state index in [1.807, 2.05) is 61.5 Å². The molecule has 3 heterocycles. The number of ether oxygens (including phenoxy) is 1. The zero-order chi connectivity index (χ0) is 23.5. The first-order valence-corrected chi connectivity index (χ1v) is 11.6. The van der Waals surface area contributed by atoms with Crippen LogP contribution in [0, 0.1) is 0 Å². The van der Waals surface area contributed by atoms with Crippen LogP contribution >= 0.6 is 11.6 Å². The number of alkyl carbamates (subject to hydrolysis) is 1. The Hall–Kier alpha value is -3.65. The standard InChI is InChI=1S/C25H25ClN6O2/c1-25(29-24(33)34-16-17-7-3-2-4-8-17)11-13-32(14-12-25)20-15-27-22-21(30-31-23(22)28-20)18-9-5-6-10-19(18)26/h2-10,15H,11-14,16H2,1H3,(H,29,33)(H,28,30,31). The zero-order valence-corrected chi connectivity index (χ0v) is 19.5. The van der Waals surface area contributed by atoms with E-state index in [0.717, 1.165) is 42.9 Å². The Bertz CT molecular complexity index is 1300. The highest BCUT2D eigenvalue weighted by Gasteiger charge is 2.32. The molecule has 1 amide bonds. The van der Waals surface area contributed by atoms with Gasteiger partial charge in [-0.2, -0.15) is 5.10 Å². The van der Waals surface area contributed by atoms with Gasteiger partial charge in [-0.05, 0) is 31.4 Å². The van der Waals surface area contributed by atoms with Gasteiger partial charge in [-0.25, -0.2) is 14.8 Å². The molecule has 9 heteroatoms. The molecule has 0 radical (unpaired) electrons. The fraction of sp³-hybridized carbons (Fsp3) is 0.280. The highest BCUT2D eigenvalue weighted by atomic mass is 35.5. The van der Waals surface area contributed by atoms with Crippen molar-refractivity contribution in [2.24, 2.45) is 0 Å². The Kier molecular flexibility index (Phi) is 6.06. The van der Waals surface area contributed by atoms with E-state index in [1.54, 1.807) is 6.20 Å². The molecule has 2 N–H and O–H groups in total. The predicted molar refractivity (Wildman–Crippen MR) is 132 cm³/mol. The molecule has 0 spiro atoms. The Labute approximate surface area is 202 Å². The van der Waals surface area contributed by atoms with Crippen LogP contribution < -0.4 is 10.2 Å². The normalized spacial score (nSPS) is 15.3. The van der Waals surface area contributed by atoms with E-state index in [4.69, 9.17) is 21.3 Å². The number of nitrogens with zero attached hydrogens (tertiary/aromatic N) is 4. The summed E-state index contributed by atoms with van der Waals surface area (Å²) in [6.07, 6.45) is 2.90. The summed E-state index contributed by atoms with van der Waals surface area (Å²) in [5.74, 6) is 0.774. The fourth-order valence-corrected chi connectivity index (χ4v) is 4.37. The summed E-state index contributed by atoms with van der Waals surface area (Å²) in [5, 5.41) is 11.0. The number of carbonyl (C=O) groups is 1. The second kappa shape index (κ2) is 9.30. The van der Waals surface area contributed by atoms with Crippen LogP contribution in [0.1, 0.15) is 25.3 Å². The molecule has 0 bridgehead atoms. The van der Waals surface area contributed by atoms with Gasteiger partial charge in [0.05, 0.1) is 11.2 Å². The molecule has 0 aliphatic carbocycles. The number of hydrogen-bond donors (Lipinski definition) is 2. The predicted octanol–water partition coefficient (Wildman–Crippen LogP) is 4.96. The van der Waals surface area contributed by atoms with Crippen LogP contribution in [0.5, 0.6) is 0 Å². The lowest BCUT2D eigenvalue weighted by molar-refractivity contribution is 0.123. The Morgan fingerprint density at radius 3 is 2.65 bits per heavy atom. The maximum atomic E-state index is 12.3. The number of piperidine rings is 1. The number of H-pyrrole nitrogens is 1. The van der Waals surface area contributed by atoms with Crippen LogP contribution in [-0.4, -0.2) is 44.9 Å². The Balaban J connectivity index is 1.21. The quantitative estimate of drug-likeness (QED) is 0.422. The van der Waals surface area contributed by atoms with E-state index in [0.29, 0.717) is 21.9 Å². The molecular formula is C25H25ClN6O2. The Morgan fingerprint density at radius 2 is 1.88 bits per heavy atom. The molecular weight excluding hydrogens is 452 g/mol. The van der Waals surface area contributed by atoms with Gasteiger partial charge in [0.2, 0.25) is 0 Å². The number of anilines is 1. The number of carbonyl (C=O) groups excluding carboxylic acids is 1. The smallest absolute Gasteiger partial charge is 0.407 e. The van der Waals surface area contributed by atoms with Crippen molar-refractivity contribution in [1.82, 2.24) is 25.5 Å². The maximum Gasteiger partial charge on any atom is 0.407 e. The summed E-state index contributed by atoms with van der Waals surface area (Å²) in [6, 6.07) is 17.2. The molecule has 1 saturated heterocycles. The third-order valence-electron chi connectivity index (χ3n) is 6.19. The first-order chi connectivity index (χ1) is 16.5. The molecule has 0 saturated carbocycles. The molecule has 1 aliphatic rings. The number of amides is 1. The SMILES string of the molecule is CC1(NC(=O)OCc2ccccc2)CCN(c2cnc3c(-c4ccccc4Cl)n[nH]c3n2)CC1. The van der Waals surface area contributed by atoms with Crippen LogP contribution in [0.2, 0.25) is 5.02 Å². The van der Waals surface area contributed by atoms with E-state index < -0.39 is 6.09 Å². The minimum Gasteiger partial charge on any atom is -0.445 e. The number of hydrogen-bond acceptors (Lipinski definition) is 6. The number of aromatic nitrogens is 4. The number of aromatic amines is 1. The van der Waals surface area contributed by atoms with Crippen molar-refractivity contribution in [3.63, 3.8) is 0 Å². The van der Waals surface area contributed by atoms with Crippen LogP contribution in [0.25, 0.3) is 22.4 Å². The van der Waals surface area contributed by atoms with Crippen molar-refractivity contribution in [3.8, 4) is 11.3 Å². The van der Waals surface area contributed by atoms with Crippen molar-refractivity contribution < 1.29 is 9.53 Å². The van der Waals surface area contributed by atoms with Crippen LogP contribution in [0.4, 0.5) is 10.6 Å². The van der Waals surface area contributed by atoms with Crippen molar-refractivity contribution in [2.45, 2.75) is 31.9 Å². The van der Waals surface area contributed by atoms with Gasteiger partial charge in [0.15, 0.2) is 5.65 Å². The molecule has 8 nitrogen and oxygen atoms in total. The van der Waals surface area contributed by atoms with Gasteiger partial charge in [0.25, 0.3) is 0 Å². The molecule has 1 aliphatic heterocycles. The lowest BCUT2D eigenvalue weighted by atomic mass is 9.90. The largest absolute Gasteiger partial charge is 0.445 e. The zero-order valence-electron chi connectivity index (χ0n) is 18.8. The van der Waals surface area contributed by atoms with E-state index in [2.05, 4.69) is 25.4 Å². The first kappa shape index (κ1) is 22.2. The topological polar surface area (TPSA) is 96.0 Å². The van der Waals surface area contributed by atoms with E-state index >= 15 is 0 Å². The van der Waals surface area contributed by atoms with Crippen molar-refractivity contribution in [2.75, 3.05) is 18.0 Å². The molecule has 174 valence electrons. The molecule has 34 heavy (non-hydrogen) atoms. The summed E-state index contributed by atoms with van der Waals surface area (Å²) in [5.41, 5.74) is 3.42. The van der Waals surface area contributed by atoms with Gasteiger partial charge in [-0.1, -0.05) is 60.1 Å². The average Bonchev–Trinajstić information content (AvgIpc) is 3.27. The van der Waals surface area contributed by atoms with Crippen molar-refractivity contribution in [1.29, 1.82) is 0 Å². The van der Waals surface area contributed by atoms with Crippen LogP contribution in [-0.2, 0) is 11.3 Å². The number of benzene rings is 2. The fourth-order valence-electron chi connectivity index (χ4n) is 4.15. The summed E-state index contributed by atoms with van der Waals surface area (Å²) in [4.78, 5) is 23.9. The third kappa shape index (κ3) is 4.68. The molecule has 2 aromatic heterocycles. The molecule has 0 unspecified atom stereocenters.